The summed E-state index contributed by atoms with van der Waals surface area (Å²) in [5, 5.41) is 5.86. The van der Waals surface area contributed by atoms with Gasteiger partial charge in [0.15, 0.2) is 6.10 Å². The van der Waals surface area contributed by atoms with E-state index in [4.69, 9.17) is 13.9 Å². The van der Waals surface area contributed by atoms with Crippen molar-refractivity contribution in [3.63, 3.8) is 0 Å². The van der Waals surface area contributed by atoms with Gasteiger partial charge in [0.05, 0.1) is 6.54 Å². The monoisotopic (exact) mass is 463 g/mol. The Bertz CT molecular complexity index is 1120. The first kappa shape index (κ1) is 23.7. The first-order chi connectivity index (χ1) is 16.5. The number of hydrogen-bond donors (Lipinski definition) is 2. The number of carbonyl (C=O) groups excluding carboxylic acids is 2. The molecule has 3 aromatic rings. The predicted molar refractivity (Wildman–Crippen MR) is 127 cm³/mol. The molecule has 1 aliphatic heterocycles. The lowest BCUT2D eigenvalue weighted by atomic mass is 9.99. The molecule has 178 valence electrons. The van der Waals surface area contributed by atoms with Crippen LogP contribution in [0, 0.1) is 12.8 Å². The number of nitrogens with one attached hydrogen (secondary N) is 2. The maximum Gasteiger partial charge on any atom is 0.254 e. The van der Waals surface area contributed by atoms with Gasteiger partial charge >= 0.3 is 0 Å². The predicted octanol–water partition coefficient (Wildman–Crippen LogP) is 4.02. The van der Waals surface area contributed by atoms with Crippen molar-refractivity contribution in [1.82, 2.24) is 10.3 Å². The first-order valence-electron chi connectivity index (χ1n) is 11.4. The summed E-state index contributed by atoms with van der Waals surface area (Å²) in [7, 11) is 1.50. The van der Waals surface area contributed by atoms with Crippen molar-refractivity contribution in [3.05, 3.63) is 71.6 Å². The number of carbonyl (C=O) groups is 2. The summed E-state index contributed by atoms with van der Waals surface area (Å²) in [5.41, 5.74) is 2.83. The largest absolute Gasteiger partial charge is 0.441 e. The maximum atomic E-state index is 12.7. The first-order valence-corrected chi connectivity index (χ1v) is 11.4. The van der Waals surface area contributed by atoms with E-state index in [1.54, 1.807) is 6.92 Å². The van der Waals surface area contributed by atoms with Crippen LogP contribution < -0.4 is 10.6 Å². The average Bonchev–Trinajstić information content (AvgIpc) is 3.25. The Hall–Kier alpha value is -3.49. The van der Waals surface area contributed by atoms with Gasteiger partial charge in [-0.1, -0.05) is 36.4 Å². The van der Waals surface area contributed by atoms with Gasteiger partial charge in [-0.05, 0) is 43.5 Å². The second-order valence-corrected chi connectivity index (χ2v) is 8.22. The Labute approximate surface area is 198 Å². The Morgan fingerprint density at radius 2 is 1.88 bits per heavy atom. The highest BCUT2D eigenvalue weighted by molar-refractivity contribution is 5.93. The molecule has 0 saturated carbocycles. The molecule has 1 aliphatic rings. The van der Waals surface area contributed by atoms with Crippen molar-refractivity contribution >= 4 is 17.5 Å². The van der Waals surface area contributed by atoms with Gasteiger partial charge in [-0.3, -0.25) is 9.59 Å². The molecule has 2 heterocycles. The number of aromatic nitrogens is 1. The summed E-state index contributed by atoms with van der Waals surface area (Å²) < 4.78 is 16.6. The van der Waals surface area contributed by atoms with Crippen molar-refractivity contribution in [2.24, 2.45) is 5.92 Å². The van der Waals surface area contributed by atoms with Crippen molar-refractivity contribution < 1.29 is 23.5 Å². The van der Waals surface area contributed by atoms with Gasteiger partial charge < -0.3 is 24.5 Å². The number of amides is 2. The zero-order valence-corrected chi connectivity index (χ0v) is 19.4. The second-order valence-electron chi connectivity index (χ2n) is 8.22. The molecule has 1 saturated heterocycles. The molecule has 1 aromatic heterocycles. The SMILES string of the molecule is CO[C@@H](C(=O)NCc1nc(-c2cccc(NC(=O)C3CCOCC3)c2)oc1C)c1ccccc1. The van der Waals surface area contributed by atoms with Crippen LogP contribution >= 0.6 is 0 Å². The van der Waals surface area contributed by atoms with Crippen LogP contribution in [0.4, 0.5) is 5.69 Å². The number of hydrogen-bond acceptors (Lipinski definition) is 6. The van der Waals surface area contributed by atoms with Crippen molar-refractivity contribution in [3.8, 4) is 11.5 Å². The van der Waals surface area contributed by atoms with Crippen LogP contribution in [0.15, 0.2) is 59.0 Å². The van der Waals surface area contributed by atoms with E-state index in [9.17, 15) is 9.59 Å². The van der Waals surface area contributed by atoms with E-state index in [0.717, 1.165) is 24.0 Å². The number of ether oxygens (including phenoxy) is 2. The van der Waals surface area contributed by atoms with Crippen molar-refractivity contribution in [2.45, 2.75) is 32.4 Å². The molecule has 2 amide bonds. The molecule has 4 rings (SSSR count). The summed E-state index contributed by atoms with van der Waals surface area (Å²) >= 11 is 0. The summed E-state index contributed by atoms with van der Waals surface area (Å²) in [5.74, 6) is 0.744. The summed E-state index contributed by atoms with van der Waals surface area (Å²) in [6.07, 6.45) is 0.755. The number of rotatable bonds is 8. The lowest BCUT2D eigenvalue weighted by Gasteiger charge is -2.21. The highest BCUT2D eigenvalue weighted by atomic mass is 16.5. The van der Waals surface area contributed by atoms with Crippen LogP contribution in [-0.4, -0.2) is 37.1 Å². The van der Waals surface area contributed by atoms with E-state index >= 15 is 0 Å². The number of aryl methyl sites for hydroxylation is 1. The van der Waals surface area contributed by atoms with E-state index < -0.39 is 6.10 Å². The Balaban J connectivity index is 1.41. The van der Waals surface area contributed by atoms with Gasteiger partial charge in [-0.15, -0.1) is 0 Å². The van der Waals surface area contributed by atoms with Crippen molar-refractivity contribution in [1.29, 1.82) is 0 Å². The second kappa shape index (κ2) is 11.1. The molecular weight excluding hydrogens is 434 g/mol. The highest BCUT2D eigenvalue weighted by Gasteiger charge is 2.23. The average molecular weight is 464 g/mol. The summed E-state index contributed by atoms with van der Waals surface area (Å²) in [4.78, 5) is 29.8. The Morgan fingerprint density at radius 1 is 1.12 bits per heavy atom. The molecule has 0 bridgehead atoms. The third-order valence-electron chi connectivity index (χ3n) is 5.87. The van der Waals surface area contributed by atoms with Gasteiger partial charge in [0, 0.05) is 37.5 Å². The Morgan fingerprint density at radius 3 is 2.62 bits per heavy atom. The minimum absolute atomic E-state index is 0.00134. The topological polar surface area (TPSA) is 103 Å². The van der Waals surface area contributed by atoms with Crippen LogP contribution in [0.1, 0.15) is 36.0 Å². The molecule has 1 atom stereocenters. The zero-order chi connectivity index (χ0) is 23.9. The molecule has 0 spiro atoms. The fraction of sp³-hybridized carbons (Fsp3) is 0.346. The third-order valence-corrected chi connectivity index (χ3v) is 5.87. The number of benzene rings is 2. The molecule has 1 fully saturated rings. The minimum atomic E-state index is -0.705. The number of anilines is 1. The van der Waals surface area contributed by atoms with Crippen LogP contribution in [0.5, 0.6) is 0 Å². The summed E-state index contributed by atoms with van der Waals surface area (Å²) in [6.45, 7) is 3.24. The van der Waals surface area contributed by atoms with Gasteiger partial charge in [-0.25, -0.2) is 4.98 Å². The molecule has 2 aromatic carbocycles. The fourth-order valence-corrected chi connectivity index (χ4v) is 3.94. The van der Waals surface area contributed by atoms with Gasteiger partial charge in [0.25, 0.3) is 5.91 Å². The van der Waals surface area contributed by atoms with E-state index in [-0.39, 0.29) is 24.3 Å². The van der Waals surface area contributed by atoms with Gasteiger partial charge in [0.2, 0.25) is 11.8 Å². The molecule has 2 N–H and O–H groups in total. The van der Waals surface area contributed by atoms with E-state index in [0.29, 0.717) is 36.2 Å². The van der Waals surface area contributed by atoms with E-state index in [1.165, 1.54) is 7.11 Å². The zero-order valence-electron chi connectivity index (χ0n) is 19.4. The lowest BCUT2D eigenvalue weighted by Crippen LogP contribution is -2.30. The molecule has 8 nitrogen and oxygen atoms in total. The Kier molecular flexibility index (Phi) is 7.72. The number of methoxy groups -OCH3 is 1. The maximum absolute atomic E-state index is 12.7. The molecule has 8 heteroatoms. The van der Waals surface area contributed by atoms with Gasteiger partial charge in [-0.2, -0.15) is 0 Å². The minimum Gasteiger partial charge on any atom is -0.441 e. The highest BCUT2D eigenvalue weighted by Crippen LogP contribution is 2.26. The normalized spacial score (nSPS) is 15.0. The van der Waals surface area contributed by atoms with Crippen molar-refractivity contribution in [2.75, 3.05) is 25.6 Å². The molecular formula is C26H29N3O5. The molecule has 34 heavy (non-hydrogen) atoms. The van der Waals surface area contributed by atoms with Crippen LogP contribution in [-0.2, 0) is 25.6 Å². The van der Waals surface area contributed by atoms with E-state index in [2.05, 4.69) is 15.6 Å². The molecule has 0 unspecified atom stereocenters. The standard InChI is InChI=1S/C26H29N3O5/c1-17-22(16-27-25(31)23(32-2)18-7-4-3-5-8-18)29-26(34-17)20-9-6-10-21(15-20)28-24(30)19-11-13-33-14-12-19/h3-10,15,19,23H,11-14,16H2,1-2H3,(H,27,31)(H,28,30)/t23-/m1/s1. The molecule has 0 radical (unpaired) electrons. The van der Waals surface area contributed by atoms with E-state index in [1.807, 2.05) is 54.6 Å². The van der Waals surface area contributed by atoms with Crippen LogP contribution in [0.3, 0.4) is 0 Å². The van der Waals surface area contributed by atoms with Crippen LogP contribution in [0.2, 0.25) is 0 Å². The smallest absolute Gasteiger partial charge is 0.254 e. The fourth-order valence-electron chi connectivity index (χ4n) is 3.94. The number of nitrogens with zero attached hydrogens (tertiary/aromatic N) is 1. The molecule has 0 aliphatic carbocycles. The quantitative estimate of drug-likeness (QED) is 0.523. The van der Waals surface area contributed by atoms with Gasteiger partial charge in [0.1, 0.15) is 11.5 Å². The summed E-state index contributed by atoms with van der Waals surface area (Å²) in [6, 6.07) is 16.7. The van der Waals surface area contributed by atoms with Crippen LogP contribution in [0.25, 0.3) is 11.5 Å². The lowest BCUT2D eigenvalue weighted by molar-refractivity contribution is -0.131. The third kappa shape index (κ3) is 5.70. The number of oxazole rings is 1.